The van der Waals surface area contributed by atoms with Crippen LogP contribution >= 0.6 is 11.3 Å². The lowest BCUT2D eigenvalue weighted by Crippen LogP contribution is -1.83. The Morgan fingerprint density at radius 2 is 1.83 bits per heavy atom. The minimum absolute atomic E-state index is 0.132. The summed E-state index contributed by atoms with van der Waals surface area (Å²) in [6.07, 6.45) is 0. The lowest BCUT2D eigenvalue weighted by atomic mass is 10.3. The summed E-state index contributed by atoms with van der Waals surface area (Å²) in [6.45, 7) is 0. The average molecular weight is 263 g/mol. The number of ether oxygens (including phenoxy) is 1. The quantitative estimate of drug-likeness (QED) is 0.685. The Labute approximate surface area is 105 Å². The second-order valence-corrected chi connectivity index (χ2v) is 4.62. The molecule has 2 aromatic carbocycles. The molecule has 1 aromatic heterocycles. The molecule has 0 unspecified atom stereocenters. The van der Waals surface area contributed by atoms with E-state index >= 15 is 0 Å². The minimum atomic E-state index is -0.677. The first kappa shape index (κ1) is 11.1. The van der Waals surface area contributed by atoms with Crippen LogP contribution in [0.5, 0.6) is 10.9 Å². The molecule has 0 atom stereocenters. The second kappa shape index (κ2) is 4.34. The van der Waals surface area contributed by atoms with E-state index in [0.29, 0.717) is 15.6 Å². The molecule has 0 fully saturated rings. The molecule has 0 bridgehead atoms. The van der Waals surface area contributed by atoms with Gasteiger partial charge in [0.1, 0.15) is 17.1 Å². The third kappa shape index (κ3) is 2.04. The fourth-order valence-corrected chi connectivity index (χ4v) is 2.44. The highest BCUT2D eigenvalue weighted by Gasteiger charge is 2.11. The van der Waals surface area contributed by atoms with Gasteiger partial charge in [0, 0.05) is 6.07 Å². The van der Waals surface area contributed by atoms with Gasteiger partial charge in [0.2, 0.25) is 0 Å². The Hall–Kier alpha value is -2.01. The van der Waals surface area contributed by atoms with E-state index in [1.807, 2.05) is 18.2 Å². The van der Waals surface area contributed by atoms with Crippen LogP contribution < -0.4 is 4.74 Å². The first-order valence-electron chi connectivity index (χ1n) is 5.21. The summed E-state index contributed by atoms with van der Waals surface area (Å²) in [5.74, 6) is -0.684. The summed E-state index contributed by atoms with van der Waals surface area (Å²) >= 11 is 1.11. The highest BCUT2D eigenvalue weighted by molar-refractivity contribution is 7.20. The van der Waals surface area contributed by atoms with Crippen molar-refractivity contribution in [3.05, 3.63) is 54.1 Å². The Morgan fingerprint density at radius 1 is 1.06 bits per heavy atom. The van der Waals surface area contributed by atoms with Crippen molar-refractivity contribution in [2.45, 2.75) is 0 Å². The van der Waals surface area contributed by atoms with Crippen molar-refractivity contribution in [2.24, 2.45) is 0 Å². The fraction of sp³-hybridized carbons (Fsp3) is 0. The van der Waals surface area contributed by atoms with Gasteiger partial charge < -0.3 is 4.74 Å². The zero-order chi connectivity index (χ0) is 12.5. The highest BCUT2D eigenvalue weighted by atomic mass is 32.1. The molecule has 0 spiro atoms. The molecule has 3 rings (SSSR count). The molecule has 3 aromatic rings. The second-order valence-electron chi connectivity index (χ2n) is 3.63. The molecular formula is C13H7F2NOS. The number of rotatable bonds is 2. The van der Waals surface area contributed by atoms with Crippen LogP contribution in [0, 0.1) is 11.6 Å². The standard InChI is InChI=1S/C13H7F2NOS/c14-8-6-10(15)12-11(7-8)18-13(16-12)17-9-4-2-1-3-5-9/h1-7H. The van der Waals surface area contributed by atoms with Crippen molar-refractivity contribution >= 4 is 21.6 Å². The van der Waals surface area contributed by atoms with E-state index in [4.69, 9.17) is 4.74 Å². The van der Waals surface area contributed by atoms with Gasteiger partial charge in [-0.3, -0.25) is 0 Å². The maximum Gasteiger partial charge on any atom is 0.279 e. The molecular weight excluding hydrogens is 256 g/mol. The lowest BCUT2D eigenvalue weighted by Gasteiger charge is -1.98. The van der Waals surface area contributed by atoms with Gasteiger partial charge in [0.15, 0.2) is 5.82 Å². The number of hydrogen-bond acceptors (Lipinski definition) is 3. The monoisotopic (exact) mass is 263 g/mol. The largest absolute Gasteiger partial charge is 0.431 e. The maximum absolute atomic E-state index is 13.4. The van der Waals surface area contributed by atoms with E-state index in [0.717, 1.165) is 17.4 Å². The van der Waals surface area contributed by atoms with Gasteiger partial charge in [-0.05, 0) is 18.2 Å². The van der Waals surface area contributed by atoms with Crippen LogP contribution in [0.1, 0.15) is 0 Å². The summed E-state index contributed by atoms with van der Waals surface area (Å²) < 4.78 is 32.4. The van der Waals surface area contributed by atoms with Gasteiger partial charge in [0.25, 0.3) is 5.19 Å². The van der Waals surface area contributed by atoms with Crippen molar-refractivity contribution < 1.29 is 13.5 Å². The van der Waals surface area contributed by atoms with E-state index in [2.05, 4.69) is 4.98 Å². The number of halogens is 2. The SMILES string of the molecule is Fc1cc(F)c2nc(Oc3ccccc3)sc2c1. The van der Waals surface area contributed by atoms with E-state index in [1.165, 1.54) is 6.07 Å². The van der Waals surface area contributed by atoms with Gasteiger partial charge in [-0.25, -0.2) is 8.78 Å². The third-order valence-corrected chi connectivity index (χ3v) is 3.22. The lowest BCUT2D eigenvalue weighted by molar-refractivity contribution is 0.479. The number of para-hydroxylation sites is 1. The molecule has 18 heavy (non-hydrogen) atoms. The summed E-state index contributed by atoms with van der Waals surface area (Å²) in [5.41, 5.74) is 0.132. The van der Waals surface area contributed by atoms with Gasteiger partial charge in [0.05, 0.1) is 4.70 Å². The molecule has 0 N–H and O–H groups in total. The summed E-state index contributed by atoms with van der Waals surface area (Å²) in [4.78, 5) is 4.00. The first-order chi connectivity index (χ1) is 8.72. The molecule has 0 radical (unpaired) electrons. The average Bonchev–Trinajstić information content (AvgIpc) is 2.73. The van der Waals surface area contributed by atoms with Crippen LogP contribution in [-0.4, -0.2) is 4.98 Å². The third-order valence-electron chi connectivity index (χ3n) is 2.34. The smallest absolute Gasteiger partial charge is 0.279 e. The Kier molecular flexibility index (Phi) is 2.68. The summed E-state index contributed by atoms with van der Waals surface area (Å²) in [6, 6.07) is 11.1. The van der Waals surface area contributed by atoms with E-state index in [1.54, 1.807) is 12.1 Å². The van der Waals surface area contributed by atoms with Crippen molar-refractivity contribution in [1.82, 2.24) is 4.98 Å². The van der Waals surface area contributed by atoms with Gasteiger partial charge in [-0.1, -0.05) is 29.5 Å². The summed E-state index contributed by atoms with van der Waals surface area (Å²) in [5, 5.41) is 0.292. The molecule has 0 saturated carbocycles. The molecule has 0 saturated heterocycles. The molecule has 0 aliphatic rings. The molecule has 2 nitrogen and oxygen atoms in total. The molecule has 0 amide bonds. The number of benzene rings is 2. The van der Waals surface area contributed by atoms with E-state index in [9.17, 15) is 8.78 Å². The predicted molar refractivity (Wildman–Crippen MR) is 66.1 cm³/mol. The molecule has 5 heteroatoms. The topological polar surface area (TPSA) is 22.1 Å². The number of nitrogens with zero attached hydrogens (tertiary/aromatic N) is 1. The van der Waals surface area contributed by atoms with Crippen LogP contribution in [0.2, 0.25) is 0 Å². The van der Waals surface area contributed by atoms with Crippen LogP contribution in [0.15, 0.2) is 42.5 Å². The number of hydrogen-bond donors (Lipinski definition) is 0. The Bertz CT molecular complexity index is 697. The van der Waals surface area contributed by atoms with E-state index < -0.39 is 11.6 Å². The maximum atomic E-state index is 13.4. The van der Waals surface area contributed by atoms with E-state index in [-0.39, 0.29) is 5.52 Å². The van der Waals surface area contributed by atoms with Crippen LogP contribution in [0.25, 0.3) is 10.2 Å². The highest BCUT2D eigenvalue weighted by Crippen LogP contribution is 2.32. The summed E-state index contributed by atoms with van der Waals surface area (Å²) in [7, 11) is 0. The number of aromatic nitrogens is 1. The normalized spacial score (nSPS) is 10.8. The first-order valence-corrected chi connectivity index (χ1v) is 6.02. The van der Waals surface area contributed by atoms with Crippen molar-refractivity contribution in [3.8, 4) is 10.9 Å². The fourth-order valence-electron chi connectivity index (χ4n) is 1.57. The zero-order valence-electron chi connectivity index (χ0n) is 9.06. The molecule has 0 aliphatic carbocycles. The Morgan fingerprint density at radius 3 is 2.61 bits per heavy atom. The minimum Gasteiger partial charge on any atom is -0.431 e. The van der Waals surface area contributed by atoms with Gasteiger partial charge >= 0.3 is 0 Å². The van der Waals surface area contributed by atoms with Gasteiger partial charge in [-0.2, -0.15) is 4.98 Å². The van der Waals surface area contributed by atoms with Gasteiger partial charge in [-0.15, -0.1) is 0 Å². The zero-order valence-corrected chi connectivity index (χ0v) is 9.88. The van der Waals surface area contributed by atoms with Crippen molar-refractivity contribution in [3.63, 3.8) is 0 Å². The molecule has 0 aliphatic heterocycles. The Balaban J connectivity index is 2.01. The number of fused-ring (bicyclic) bond motifs is 1. The van der Waals surface area contributed by atoms with Crippen LogP contribution in [-0.2, 0) is 0 Å². The number of thiazole rings is 1. The van der Waals surface area contributed by atoms with Crippen LogP contribution in [0.3, 0.4) is 0 Å². The van der Waals surface area contributed by atoms with Crippen molar-refractivity contribution in [1.29, 1.82) is 0 Å². The molecule has 1 heterocycles. The van der Waals surface area contributed by atoms with Crippen molar-refractivity contribution in [2.75, 3.05) is 0 Å². The van der Waals surface area contributed by atoms with Crippen LogP contribution in [0.4, 0.5) is 8.78 Å². The molecule has 90 valence electrons. The predicted octanol–water partition coefficient (Wildman–Crippen LogP) is 4.37.